The first-order chi connectivity index (χ1) is 11.5. The number of hydrogen-bond acceptors (Lipinski definition) is 3. The summed E-state index contributed by atoms with van der Waals surface area (Å²) >= 11 is 6.09. The molecule has 0 bridgehead atoms. The van der Waals surface area contributed by atoms with Crippen molar-refractivity contribution in [2.24, 2.45) is 5.92 Å². The normalized spacial score (nSPS) is 15.4. The minimum Gasteiger partial charge on any atom is -0.370 e. The van der Waals surface area contributed by atoms with Crippen LogP contribution < -0.4 is 10.2 Å². The molecule has 1 N–H and O–H groups in total. The first kappa shape index (κ1) is 16.8. The molecule has 0 radical (unpaired) electrons. The van der Waals surface area contributed by atoms with E-state index >= 15 is 0 Å². The summed E-state index contributed by atoms with van der Waals surface area (Å²) in [6.45, 7) is 6.32. The van der Waals surface area contributed by atoms with Gasteiger partial charge in [-0.1, -0.05) is 24.6 Å². The number of hydrogen-bond donors (Lipinski definition) is 1. The van der Waals surface area contributed by atoms with Crippen LogP contribution in [-0.2, 0) is 0 Å². The van der Waals surface area contributed by atoms with Gasteiger partial charge in [-0.2, -0.15) is 0 Å². The van der Waals surface area contributed by atoms with Crippen LogP contribution in [0.1, 0.15) is 35.8 Å². The maximum absolute atomic E-state index is 12.3. The second-order valence-corrected chi connectivity index (χ2v) is 6.90. The molecule has 2 aromatic rings. The van der Waals surface area contributed by atoms with Crippen molar-refractivity contribution in [2.75, 3.05) is 23.3 Å². The topological polar surface area (TPSA) is 45.2 Å². The number of nitrogens with zero attached hydrogens (tertiary/aromatic N) is 2. The number of anilines is 2. The van der Waals surface area contributed by atoms with Gasteiger partial charge in [-0.3, -0.25) is 4.79 Å². The van der Waals surface area contributed by atoms with E-state index in [2.05, 4.69) is 22.1 Å². The Labute approximate surface area is 147 Å². The summed E-state index contributed by atoms with van der Waals surface area (Å²) in [4.78, 5) is 19.0. The van der Waals surface area contributed by atoms with Gasteiger partial charge in [0.2, 0.25) is 0 Å². The zero-order valence-corrected chi connectivity index (χ0v) is 14.8. The highest BCUT2D eigenvalue weighted by atomic mass is 35.5. The monoisotopic (exact) mass is 343 g/mol. The second-order valence-electron chi connectivity index (χ2n) is 6.49. The molecule has 0 spiro atoms. The largest absolute Gasteiger partial charge is 0.370 e. The van der Waals surface area contributed by atoms with Crippen molar-refractivity contribution < 1.29 is 4.79 Å². The lowest BCUT2D eigenvalue weighted by molar-refractivity contribution is 0.102. The maximum atomic E-state index is 12.3. The summed E-state index contributed by atoms with van der Waals surface area (Å²) in [6.07, 6.45) is 4.19. The molecule has 0 unspecified atom stereocenters. The van der Waals surface area contributed by atoms with Gasteiger partial charge < -0.3 is 10.2 Å². The van der Waals surface area contributed by atoms with Crippen molar-refractivity contribution in [1.29, 1.82) is 0 Å². The lowest BCUT2D eigenvalue weighted by Gasteiger charge is -2.31. The maximum Gasteiger partial charge on any atom is 0.274 e. The number of aromatic nitrogens is 1. The number of nitrogens with one attached hydrogen (secondary N) is 1. The SMILES string of the molecule is Cc1ccc(NC(=O)c2ccc(N3CCC(C)CC3)cn2)cc1Cl. The number of benzene rings is 1. The van der Waals surface area contributed by atoms with Gasteiger partial charge in [-0.15, -0.1) is 0 Å². The molecule has 1 aromatic carbocycles. The molecule has 0 atom stereocenters. The average Bonchev–Trinajstić information content (AvgIpc) is 2.59. The molecule has 1 aliphatic heterocycles. The zero-order chi connectivity index (χ0) is 17.1. The Balaban J connectivity index is 1.66. The van der Waals surface area contributed by atoms with Gasteiger partial charge in [-0.05, 0) is 55.5 Å². The number of piperidine rings is 1. The molecule has 24 heavy (non-hydrogen) atoms. The quantitative estimate of drug-likeness (QED) is 0.890. The van der Waals surface area contributed by atoms with E-state index in [4.69, 9.17) is 11.6 Å². The van der Waals surface area contributed by atoms with E-state index in [-0.39, 0.29) is 5.91 Å². The fourth-order valence-electron chi connectivity index (χ4n) is 2.84. The van der Waals surface area contributed by atoms with Crippen LogP contribution in [0, 0.1) is 12.8 Å². The summed E-state index contributed by atoms with van der Waals surface area (Å²) in [5, 5.41) is 3.47. The summed E-state index contributed by atoms with van der Waals surface area (Å²) in [5.74, 6) is 0.564. The molecular weight excluding hydrogens is 322 g/mol. The minimum absolute atomic E-state index is 0.228. The van der Waals surface area contributed by atoms with Gasteiger partial charge in [0.05, 0.1) is 11.9 Å². The number of halogens is 1. The van der Waals surface area contributed by atoms with E-state index in [1.165, 1.54) is 12.8 Å². The Morgan fingerprint density at radius 1 is 1.25 bits per heavy atom. The van der Waals surface area contributed by atoms with E-state index in [0.717, 1.165) is 30.3 Å². The summed E-state index contributed by atoms with van der Waals surface area (Å²) < 4.78 is 0. The first-order valence-corrected chi connectivity index (χ1v) is 8.69. The standard InChI is InChI=1S/C19H22ClN3O/c1-13-7-9-23(10-8-13)16-5-6-18(21-12-16)19(24)22-15-4-3-14(2)17(20)11-15/h3-6,11-13H,7-10H2,1-2H3,(H,22,24). The van der Waals surface area contributed by atoms with Gasteiger partial charge in [0.25, 0.3) is 5.91 Å². The Morgan fingerprint density at radius 2 is 2.00 bits per heavy atom. The molecule has 1 saturated heterocycles. The molecule has 1 aliphatic rings. The molecule has 2 heterocycles. The van der Waals surface area contributed by atoms with Crippen LogP contribution in [0.25, 0.3) is 0 Å². The highest BCUT2D eigenvalue weighted by Crippen LogP contribution is 2.23. The van der Waals surface area contributed by atoms with Crippen LogP contribution in [0.2, 0.25) is 5.02 Å². The van der Waals surface area contributed by atoms with Crippen LogP contribution >= 0.6 is 11.6 Å². The van der Waals surface area contributed by atoms with E-state index in [0.29, 0.717) is 16.4 Å². The van der Waals surface area contributed by atoms with Gasteiger partial charge >= 0.3 is 0 Å². The fraction of sp³-hybridized carbons (Fsp3) is 0.368. The predicted octanol–water partition coefficient (Wildman–Crippen LogP) is 4.53. The molecule has 5 heteroatoms. The lowest BCUT2D eigenvalue weighted by atomic mass is 9.99. The Kier molecular flexibility index (Phi) is 5.05. The Hall–Kier alpha value is -2.07. The van der Waals surface area contributed by atoms with E-state index in [9.17, 15) is 4.79 Å². The number of amides is 1. The van der Waals surface area contributed by atoms with Crippen molar-refractivity contribution in [2.45, 2.75) is 26.7 Å². The number of pyridine rings is 1. The molecule has 3 rings (SSSR count). The van der Waals surface area contributed by atoms with Crippen molar-refractivity contribution in [3.05, 3.63) is 52.8 Å². The van der Waals surface area contributed by atoms with E-state index < -0.39 is 0 Å². The Bertz CT molecular complexity index is 722. The average molecular weight is 344 g/mol. The highest BCUT2D eigenvalue weighted by Gasteiger charge is 2.17. The van der Waals surface area contributed by atoms with Crippen molar-refractivity contribution in [3.63, 3.8) is 0 Å². The molecule has 0 saturated carbocycles. The summed E-state index contributed by atoms with van der Waals surface area (Å²) in [7, 11) is 0. The third kappa shape index (κ3) is 3.88. The van der Waals surface area contributed by atoms with Crippen molar-refractivity contribution in [3.8, 4) is 0 Å². The van der Waals surface area contributed by atoms with Crippen molar-refractivity contribution in [1.82, 2.24) is 4.98 Å². The number of carbonyl (C=O) groups excluding carboxylic acids is 1. The van der Waals surface area contributed by atoms with E-state index in [1.54, 1.807) is 18.3 Å². The van der Waals surface area contributed by atoms with Gasteiger partial charge in [-0.25, -0.2) is 4.98 Å². The van der Waals surface area contributed by atoms with Gasteiger partial charge in [0.1, 0.15) is 5.69 Å². The predicted molar refractivity (Wildman–Crippen MR) is 99.0 cm³/mol. The molecule has 1 amide bonds. The number of rotatable bonds is 3. The second kappa shape index (κ2) is 7.22. The first-order valence-electron chi connectivity index (χ1n) is 8.31. The van der Waals surface area contributed by atoms with Crippen LogP contribution in [0.5, 0.6) is 0 Å². The van der Waals surface area contributed by atoms with E-state index in [1.807, 2.05) is 25.1 Å². The molecule has 126 valence electrons. The smallest absolute Gasteiger partial charge is 0.274 e. The van der Waals surface area contributed by atoms with Crippen LogP contribution in [0.4, 0.5) is 11.4 Å². The molecular formula is C19H22ClN3O. The molecule has 1 fully saturated rings. The fourth-order valence-corrected chi connectivity index (χ4v) is 3.02. The summed E-state index contributed by atoms with van der Waals surface area (Å²) in [5.41, 5.74) is 3.14. The third-order valence-corrected chi connectivity index (χ3v) is 4.97. The van der Waals surface area contributed by atoms with Crippen LogP contribution in [0.3, 0.4) is 0 Å². The van der Waals surface area contributed by atoms with Crippen molar-refractivity contribution >= 4 is 28.9 Å². The van der Waals surface area contributed by atoms with Crippen LogP contribution in [0.15, 0.2) is 36.5 Å². The summed E-state index contributed by atoms with van der Waals surface area (Å²) in [6, 6.07) is 9.21. The molecule has 4 nitrogen and oxygen atoms in total. The molecule has 1 aromatic heterocycles. The lowest BCUT2D eigenvalue weighted by Crippen LogP contribution is -2.32. The highest BCUT2D eigenvalue weighted by molar-refractivity contribution is 6.31. The molecule has 0 aliphatic carbocycles. The number of carbonyl (C=O) groups is 1. The van der Waals surface area contributed by atoms with Crippen LogP contribution in [-0.4, -0.2) is 24.0 Å². The third-order valence-electron chi connectivity index (χ3n) is 4.56. The minimum atomic E-state index is -0.228. The Morgan fingerprint density at radius 3 is 2.62 bits per heavy atom. The zero-order valence-electron chi connectivity index (χ0n) is 14.1. The van der Waals surface area contributed by atoms with Gasteiger partial charge in [0, 0.05) is 23.8 Å². The van der Waals surface area contributed by atoms with Gasteiger partial charge in [0.15, 0.2) is 0 Å². The number of aryl methyl sites for hydroxylation is 1.